The van der Waals surface area contributed by atoms with Crippen molar-refractivity contribution in [3.05, 3.63) is 24.3 Å². The Morgan fingerprint density at radius 3 is 2.36 bits per heavy atom. The van der Waals surface area contributed by atoms with E-state index in [4.69, 9.17) is 0 Å². The van der Waals surface area contributed by atoms with Crippen molar-refractivity contribution >= 4 is 17.3 Å². The maximum Gasteiger partial charge on any atom is 0.224 e. The van der Waals surface area contributed by atoms with Crippen LogP contribution in [0.4, 0.5) is 11.4 Å². The fourth-order valence-corrected chi connectivity index (χ4v) is 3.77. The summed E-state index contributed by atoms with van der Waals surface area (Å²) >= 11 is 0. The molecule has 0 radical (unpaired) electrons. The number of benzene rings is 1. The second-order valence-electron chi connectivity index (χ2n) is 6.83. The van der Waals surface area contributed by atoms with Crippen molar-refractivity contribution in [3.63, 3.8) is 0 Å². The molecular formula is C19H28N2O. The predicted molar refractivity (Wildman–Crippen MR) is 92.3 cm³/mol. The molecule has 120 valence electrons. The summed E-state index contributed by atoms with van der Waals surface area (Å²) in [4.78, 5) is 14.5. The molecule has 2 aliphatic rings. The monoisotopic (exact) mass is 300 g/mol. The molecule has 0 atom stereocenters. The molecule has 0 bridgehead atoms. The number of nitrogens with zero attached hydrogens (tertiary/aromatic N) is 1. The van der Waals surface area contributed by atoms with Gasteiger partial charge in [-0.1, -0.05) is 25.7 Å². The molecule has 3 rings (SSSR count). The molecule has 1 aromatic carbocycles. The van der Waals surface area contributed by atoms with Crippen LogP contribution >= 0.6 is 0 Å². The van der Waals surface area contributed by atoms with E-state index in [1.807, 2.05) is 12.1 Å². The van der Waals surface area contributed by atoms with Gasteiger partial charge in [0.2, 0.25) is 5.91 Å². The number of hydrogen-bond donors (Lipinski definition) is 1. The molecule has 1 saturated heterocycles. The Bertz CT molecular complexity index is 471. The van der Waals surface area contributed by atoms with Crippen LogP contribution in [-0.4, -0.2) is 19.0 Å². The van der Waals surface area contributed by atoms with E-state index in [-0.39, 0.29) is 5.91 Å². The molecule has 1 N–H and O–H groups in total. The number of carbonyl (C=O) groups is 1. The lowest BCUT2D eigenvalue weighted by molar-refractivity contribution is -0.116. The first-order valence-corrected chi connectivity index (χ1v) is 8.96. The molecule has 1 aliphatic heterocycles. The fraction of sp³-hybridized carbons (Fsp3) is 0.632. The molecule has 1 aromatic rings. The SMILES string of the molecule is O=C(CCC1CCCC1)Nc1ccc(N2CCCCC2)cc1. The molecule has 1 saturated carbocycles. The second kappa shape index (κ2) is 7.66. The molecule has 0 aromatic heterocycles. The van der Waals surface area contributed by atoms with Crippen molar-refractivity contribution in [1.82, 2.24) is 0 Å². The van der Waals surface area contributed by atoms with Crippen LogP contribution in [0.3, 0.4) is 0 Å². The van der Waals surface area contributed by atoms with Gasteiger partial charge in [0.25, 0.3) is 0 Å². The van der Waals surface area contributed by atoms with Gasteiger partial charge < -0.3 is 10.2 Å². The summed E-state index contributed by atoms with van der Waals surface area (Å²) in [6.45, 7) is 2.32. The fourth-order valence-electron chi connectivity index (χ4n) is 3.77. The first-order chi connectivity index (χ1) is 10.8. The molecule has 0 spiro atoms. The number of hydrogen-bond acceptors (Lipinski definition) is 2. The van der Waals surface area contributed by atoms with Gasteiger partial charge in [-0.3, -0.25) is 4.79 Å². The zero-order chi connectivity index (χ0) is 15.2. The van der Waals surface area contributed by atoms with Crippen LogP contribution < -0.4 is 10.2 Å². The van der Waals surface area contributed by atoms with Crippen molar-refractivity contribution in [2.75, 3.05) is 23.3 Å². The second-order valence-corrected chi connectivity index (χ2v) is 6.83. The molecule has 1 aliphatic carbocycles. The standard InChI is InChI=1S/C19H28N2O/c22-19(13-8-16-6-2-3-7-16)20-17-9-11-18(12-10-17)21-14-4-1-5-15-21/h9-12,16H,1-8,13-15H2,(H,20,22). The van der Waals surface area contributed by atoms with Crippen molar-refractivity contribution in [3.8, 4) is 0 Å². The van der Waals surface area contributed by atoms with E-state index < -0.39 is 0 Å². The highest BCUT2D eigenvalue weighted by Gasteiger charge is 2.16. The maximum atomic E-state index is 12.0. The van der Waals surface area contributed by atoms with Gasteiger partial charge in [-0.05, 0) is 55.9 Å². The van der Waals surface area contributed by atoms with Crippen molar-refractivity contribution in [1.29, 1.82) is 0 Å². The van der Waals surface area contributed by atoms with E-state index in [0.717, 1.165) is 31.1 Å². The predicted octanol–water partition coefficient (Wildman–Crippen LogP) is 4.59. The first-order valence-electron chi connectivity index (χ1n) is 8.96. The summed E-state index contributed by atoms with van der Waals surface area (Å²) in [7, 11) is 0. The minimum atomic E-state index is 0.164. The van der Waals surface area contributed by atoms with E-state index >= 15 is 0 Å². The zero-order valence-electron chi connectivity index (χ0n) is 13.5. The zero-order valence-corrected chi connectivity index (χ0v) is 13.5. The summed E-state index contributed by atoms with van der Waals surface area (Å²) in [5, 5.41) is 3.04. The Balaban J connectivity index is 1.46. The summed E-state index contributed by atoms with van der Waals surface area (Å²) in [5.41, 5.74) is 2.21. The van der Waals surface area contributed by atoms with Crippen molar-refractivity contribution < 1.29 is 4.79 Å². The van der Waals surface area contributed by atoms with Gasteiger partial charge in [0, 0.05) is 30.9 Å². The van der Waals surface area contributed by atoms with E-state index in [2.05, 4.69) is 22.3 Å². The van der Waals surface area contributed by atoms with Crippen molar-refractivity contribution in [2.24, 2.45) is 5.92 Å². The van der Waals surface area contributed by atoms with Crippen LogP contribution in [0.2, 0.25) is 0 Å². The van der Waals surface area contributed by atoms with Crippen LogP contribution in [-0.2, 0) is 4.79 Å². The minimum Gasteiger partial charge on any atom is -0.372 e. The van der Waals surface area contributed by atoms with E-state index in [1.165, 1.54) is 50.6 Å². The van der Waals surface area contributed by atoms with Crippen LogP contribution in [0.1, 0.15) is 57.8 Å². The van der Waals surface area contributed by atoms with Gasteiger partial charge in [0.15, 0.2) is 0 Å². The number of carbonyl (C=O) groups excluding carboxylic acids is 1. The molecular weight excluding hydrogens is 272 g/mol. The van der Waals surface area contributed by atoms with Crippen LogP contribution in [0, 0.1) is 5.92 Å². The topological polar surface area (TPSA) is 32.3 Å². The average molecular weight is 300 g/mol. The van der Waals surface area contributed by atoms with Gasteiger partial charge in [-0.2, -0.15) is 0 Å². The highest BCUT2D eigenvalue weighted by molar-refractivity contribution is 5.90. The molecule has 3 heteroatoms. The molecule has 2 fully saturated rings. The molecule has 3 nitrogen and oxygen atoms in total. The minimum absolute atomic E-state index is 0.164. The number of rotatable bonds is 5. The first kappa shape index (κ1) is 15.4. The molecule has 22 heavy (non-hydrogen) atoms. The van der Waals surface area contributed by atoms with E-state index in [9.17, 15) is 4.79 Å². The maximum absolute atomic E-state index is 12.0. The Morgan fingerprint density at radius 1 is 1.00 bits per heavy atom. The number of anilines is 2. The quantitative estimate of drug-likeness (QED) is 0.863. The Hall–Kier alpha value is -1.51. The summed E-state index contributed by atoms with van der Waals surface area (Å²) in [6.07, 6.45) is 11.0. The largest absolute Gasteiger partial charge is 0.372 e. The number of piperidine rings is 1. The van der Waals surface area contributed by atoms with Gasteiger partial charge in [0.05, 0.1) is 0 Å². The van der Waals surface area contributed by atoms with Crippen LogP contribution in [0.15, 0.2) is 24.3 Å². The number of nitrogens with one attached hydrogen (secondary N) is 1. The smallest absolute Gasteiger partial charge is 0.224 e. The molecule has 0 unspecified atom stereocenters. The lowest BCUT2D eigenvalue weighted by Gasteiger charge is -2.28. The van der Waals surface area contributed by atoms with Gasteiger partial charge in [-0.15, -0.1) is 0 Å². The van der Waals surface area contributed by atoms with Gasteiger partial charge in [0.1, 0.15) is 0 Å². The number of amides is 1. The Morgan fingerprint density at radius 2 is 1.68 bits per heavy atom. The summed E-state index contributed by atoms with van der Waals surface area (Å²) < 4.78 is 0. The van der Waals surface area contributed by atoms with Gasteiger partial charge in [-0.25, -0.2) is 0 Å². The van der Waals surface area contributed by atoms with E-state index in [1.54, 1.807) is 0 Å². The Labute approximate surface area is 134 Å². The lowest BCUT2D eigenvalue weighted by atomic mass is 10.0. The van der Waals surface area contributed by atoms with Crippen LogP contribution in [0.25, 0.3) is 0 Å². The third-order valence-electron chi connectivity index (χ3n) is 5.13. The van der Waals surface area contributed by atoms with Crippen LogP contribution in [0.5, 0.6) is 0 Å². The summed E-state index contributed by atoms with van der Waals surface area (Å²) in [5.74, 6) is 0.949. The third kappa shape index (κ3) is 4.25. The summed E-state index contributed by atoms with van der Waals surface area (Å²) in [6, 6.07) is 8.35. The lowest BCUT2D eigenvalue weighted by Crippen LogP contribution is -2.29. The molecule has 1 amide bonds. The Kier molecular flexibility index (Phi) is 5.36. The highest BCUT2D eigenvalue weighted by atomic mass is 16.1. The normalized spacial score (nSPS) is 19.4. The van der Waals surface area contributed by atoms with Crippen molar-refractivity contribution in [2.45, 2.75) is 57.8 Å². The van der Waals surface area contributed by atoms with Gasteiger partial charge >= 0.3 is 0 Å². The third-order valence-corrected chi connectivity index (χ3v) is 5.13. The van der Waals surface area contributed by atoms with E-state index in [0.29, 0.717) is 6.42 Å². The molecule has 1 heterocycles. The average Bonchev–Trinajstić information content (AvgIpc) is 3.08. The highest BCUT2D eigenvalue weighted by Crippen LogP contribution is 2.28.